The van der Waals surface area contributed by atoms with Crippen molar-refractivity contribution in [1.29, 1.82) is 0 Å². The Balaban J connectivity index is 2.52. The van der Waals surface area contributed by atoms with Crippen molar-refractivity contribution in [3.05, 3.63) is 20.8 Å². The Morgan fingerprint density at radius 3 is 2.73 bits per heavy atom. The van der Waals surface area contributed by atoms with Crippen molar-refractivity contribution in [3.63, 3.8) is 0 Å². The summed E-state index contributed by atoms with van der Waals surface area (Å²) in [5, 5.41) is 19.3. The first-order chi connectivity index (χ1) is 7.00. The Kier molecular flexibility index (Phi) is 5.28. The van der Waals surface area contributed by atoms with Gasteiger partial charge in [-0.15, -0.1) is 11.3 Å². The number of halogens is 1. The highest BCUT2D eigenvalue weighted by Gasteiger charge is 2.20. The number of hydrogen-bond acceptors (Lipinski definition) is 5. The predicted molar refractivity (Wildman–Crippen MR) is 66.1 cm³/mol. The molecule has 0 saturated carbocycles. The van der Waals surface area contributed by atoms with Crippen LogP contribution in [0.5, 0.6) is 0 Å². The molecule has 0 aliphatic heterocycles. The highest BCUT2D eigenvalue weighted by Crippen LogP contribution is 2.29. The minimum atomic E-state index is -0.923. The molecule has 0 bridgehead atoms. The summed E-state index contributed by atoms with van der Waals surface area (Å²) in [4.78, 5) is 11.4. The van der Waals surface area contributed by atoms with Crippen molar-refractivity contribution in [3.8, 4) is 0 Å². The maximum atomic E-state index is 10.7. The van der Waals surface area contributed by atoms with Gasteiger partial charge in [0.2, 0.25) is 0 Å². The van der Waals surface area contributed by atoms with Gasteiger partial charge >= 0.3 is 0 Å². The van der Waals surface area contributed by atoms with Gasteiger partial charge in [0, 0.05) is 17.6 Å². The summed E-state index contributed by atoms with van der Waals surface area (Å²) in [5.74, 6) is 0.214. The average molecular weight is 311 g/mol. The first-order valence-corrected chi connectivity index (χ1v) is 6.85. The van der Waals surface area contributed by atoms with Gasteiger partial charge in [0.25, 0.3) is 0 Å². The summed E-state index contributed by atoms with van der Waals surface area (Å²) in [7, 11) is 0. The van der Waals surface area contributed by atoms with Crippen LogP contribution >= 0.6 is 39.0 Å². The minimum Gasteiger partial charge on any atom is -0.389 e. The highest BCUT2D eigenvalue weighted by atomic mass is 79.9. The van der Waals surface area contributed by atoms with Crippen LogP contribution in [0, 0.1) is 0 Å². The van der Waals surface area contributed by atoms with Crippen LogP contribution in [-0.4, -0.2) is 27.2 Å². The zero-order valence-electron chi connectivity index (χ0n) is 8.01. The number of carbonyl (C=O) groups excluding carboxylic acids is 1. The van der Waals surface area contributed by atoms with E-state index in [-0.39, 0.29) is 10.9 Å². The standard InChI is InChI=1S/C9H11BrO3S2/c1-5(11)14-4-6(12)9(13)7-2-3-8(10)15-7/h2-3,6,9,12-13H,4H2,1H3. The highest BCUT2D eigenvalue weighted by molar-refractivity contribution is 9.11. The number of thiophene rings is 1. The van der Waals surface area contributed by atoms with Crippen molar-refractivity contribution >= 4 is 44.1 Å². The van der Waals surface area contributed by atoms with E-state index in [9.17, 15) is 15.0 Å². The van der Waals surface area contributed by atoms with Crippen LogP contribution < -0.4 is 0 Å². The van der Waals surface area contributed by atoms with Crippen molar-refractivity contribution in [2.45, 2.75) is 19.1 Å². The lowest BCUT2D eigenvalue weighted by atomic mass is 10.2. The van der Waals surface area contributed by atoms with E-state index in [1.807, 2.05) is 6.07 Å². The third-order valence-corrected chi connectivity index (χ3v) is 4.32. The minimum absolute atomic E-state index is 0.0615. The molecule has 0 amide bonds. The van der Waals surface area contributed by atoms with E-state index in [1.54, 1.807) is 6.07 Å². The largest absolute Gasteiger partial charge is 0.389 e. The molecule has 2 atom stereocenters. The van der Waals surface area contributed by atoms with Gasteiger partial charge in [-0.1, -0.05) is 11.8 Å². The Morgan fingerprint density at radius 1 is 1.60 bits per heavy atom. The van der Waals surface area contributed by atoms with Gasteiger partial charge < -0.3 is 10.2 Å². The van der Waals surface area contributed by atoms with Crippen LogP contribution in [0.1, 0.15) is 17.9 Å². The summed E-state index contributed by atoms with van der Waals surface area (Å²) in [5.41, 5.74) is 0. The molecule has 1 aromatic rings. The number of aliphatic hydroxyl groups excluding tert-OH is 2. The molecule has 0 aromatic carbocycles. The van der Waals surface area contributed by atoms with Crippen LogP contribution in [0.4, 0.5) is 0 Å². The molecule has 84 valence electrons. The molecule has 15 heavy (non-hydrogen) atoms. The zero-order valence-corrected chi connectivity index (χ0v) is 11.2. The monoisotopic (exact) mass is 310 g/mol. The smallest absolute Gasteiger partial charge is 0.185 e. The van der Waals surface area contributed by atoms with Gasteiger partial charge in [-0.05, 0) is 28.1 Å². The van der Waals surface area contributed by atoms with Gasteiger partial charge in [0.15, 0.2) is 5.12 Å². The van der Waals surface area contributed by atoms with E-state index in [4.69, 9.17) is 0 Å². The summed E-state index contributed by atoms with van der Waals surface area (Å²) in [6.07, 6.45) is -1.84. The van der Waals surface area contributed by atoms with Gasteiger partial charge in [0.05, 0.1) is 9.89 Å². The van der Waals surface area contributed by atoms with Crippen LogP contribution in [0.25, 0.3) is 0 Å². The molecule has 2 N–H and O–H groups in total. The molecule has 2 unspecified atom stereocenters. The molecule has 0 spiro atoms. The summed E-state index contributed by atoms with van der Waals surface area (Å²) in [6.45, 7) is 1.44. The van der Waals surface area contributed by atoms with E-state index in [1.165, 1.54) is 18.3 Å². The molecule has 0 aliphatic carbocycles. The maximum absolute atomic E-state index is 10.7. The van der Waals surface area contributed by atoms with Gasteiger partial charge in [-0.3, -0.25) is 4.79 Å². The van der Waals surface area contributed by atoms with Crippen LogP contribution in [0.3, 0.4) is 0 Å². The molecule has 1 rings (SSSR count). The van der Waals surface area contributed by atoms with E-state index in [2.05, 4.69) is 15.9 Å². The predicted octanol–water partition coefficient (Wildman–Crippen LogP) is 2.18. The van der Waals surface area contributed by atoms with E-state index in [0.29, 0.717) is 4.88 Å². The Labute approximate surface area is 105 Å². The Bertz CT molecular complexity index is 340. The number of rotatable bonds is 4. The first-order valence-electron chi connectivity index (χ1n) is 4.25. The molecular weight excluding hydrogens is 300 g/mol. The fraction of sp³-hybridized carbons (Fsp3) is 0.444. The molecule has 1 heterocycles. The lowest BCUT2D eigenvalue weighted by molar-refractivity contribution is -0.109. The maximum Gasteiger partial charge on any atom is 0.185 e. The Morgan fingerprint density at radius 2 is 2.27 bits per heavy atom. The molecule has 6 heteroatoms. The van der Waals surface area contributed by atoms with E-state index >= 15 is 0 Å². The summed E-state index contributed by atoms with van der Waals surface area (Å²) < 4.78 is 0.906. The van der Waals surface area contributed by atoms with Crippen molar-refractivity contribution in [2.24, 2.45) is 0 Å². The molecule has 0 radical (unpaired) electrons. The number of aliphatic hydroxyl groups is 2. The number of thioether (sulfide) groups is 1. The van der Waals surface area contributed by atoms with Crippen LogP contribution in [-0.2, 0) is 4.79 Å². The molecule has 1 aromatic heterocycles. The quantitative estimate of drug-likeness (QED) is 0.895. The first kappa shape index (κ1) is 13.2. The van der Waals surface area contributed by atoms with Crippen molar-refractivity contribution in [1.82, 2.24) is 0 Å². The summed E-state index contributed by atoms with van der Waals surface area (Å²) in [6, 6.07) is 3.56. The number of hydrogen-bond donors (Lipinski definition) is 2. The molecule has 3 nitrogen and oxygen atoms in total. The van der Waals surface area contributed by atoms with Crippen molar-refractivity contribution < 1.29 is 15.0 Å². The second-order valence-electron chi connectivity index (χ2n) is 2.96. The average Bonchev–Trinajstić information content (AvgIpc) is 2.60. The lowest BCUT2D eigenvalue weighted by Gasteiger charge is -2.15. The van der Waals surface area contributed by atoms with Gasteiger partial charge in [0.1, 0.15) is 6.10 Å². The normalized spacial score (nSPS) is 14.9. The van der Waals surface area contributed by atoms with E-state index < -0.39 is 12.2 Å². The Hall–Kier alpha value is 0.120. The second-order valence-corrected chi connectivity index (χ2v) is 6.65. The number of carbonyl (C=O) groups is 1. The SMILES string of the molecule is CC(=O)SCC(O)C(O)c1ccc(Br)s1. The fourth-order valence-electron chi connectivity index (χ4n) is 0.971. The van der Waals surface area contributed by atoms with Gasteiger partial charge in [-0.25, -0.2) is 0 Å². The molecular formula is C9H11BrO3S2. The zero-order chi connectivity index (χ0) is 11.4. The molecule has 0 saturated heterocycles. The third kappa shape index (κ3) is 4.24. The fourth-order valence-corrected chi connectivity index (χ4v) is 3.03. The lowest BCUT2D eigenvalue weighted by Crippen LogP contribution is -2.20. The van der Waals surface area contributed by atoms with Gasteiger partial charge in [-0.2, -0.15) is 0 Å². The van der Waals surface area contributed by atoms with Crippen LogP contribution in [0.15, 0.2) is 15.9 Å². The van der Waals surface area contributed by atoms with Crippen molar-refractivity contribution in [2.75, 3.05) is 5.75 Å². The van der Waals surface area contributed by atoms with Crippen LogP contribution in [0.2, 0.25) is 0 Å². The van der Waals surface area contributed by atoms with E-state index in [0.717, 1.165) is 15.5 Å². The molecule has 0 fully saturated rings. The second kappa shape index (κ2) is 6.00. The summed E-state index contributed by atoms with van der Waals surface area (Å²) >= 11 is 5.66. The third-order valence-electron chi connectivity index (χ3n) is 1.71. The molecule has 0 aliphatic rings. The topological polar surface area (TPSA) is 57.5 Å².